The van der Waals surface area contributed by atoms with Crippen LogP contribution in [0.25, 0.3) is 6.08 Å². The van der Waals surface area contributed by atoms with Gasteiger partial charge in [0.2, 0.25) is 0 Å². The first-order chi connectivity index (χ1) is 16.2. The fourth-order valence-corrected chi connectivity index (χ4v) is 3.66. The number of hydrogen-bond acceptors (Lipinski definition) is 4. The lowest BCUT2D eigenvalue weighted by Crippen LogP contribution is -2.54. The zero-order valence-corrected chi connectivity index (χ0v) is 19.3. The van der Waals surface area contributed by atoms with Crippen LogP contribution in [-0.4, -0.2) is 17.8 Å². The third-order valence-electron chi connectivity index (χ3n) is 5.09. The number of ether oxygens (including phenoxy) is 1. The summed E-state index contributed by atoms with van der Waals surface area (Å²) in [5.74, 6) is -1.58. The number of urea groups is 1. The van der Waals surface area contributed by atoms with E-state index in [1.807, 2.05) is 0 Å². The molecule has 4 amide bonds. The Morgan fingerprint density at radius 3 is 2.38 bits per heavy atom. The monoisotopic (exact) mass is 498 g/mol. The summed E-state index contributed by atoms with van der Waals surface area (Å²) < 4.78 is 18.7. The lowest BCUT2D eigenvalue weighted by molar-refractivity contribution is -0.122. The molecule has 1 saturated heterocycles. The lowest BCUT2D eigenvalue weighted by Gasteiger charge is -2.26. The fraction of sp³-hybridized carbons (Fsp3) is 0.0800. The zero-order valence-electron chi connectivity index (χ0n) is 17.8. The van der Waals surface area contributed by atoms with Crippen LogP contribution in [0.5, 0.6) is 5.75 Å². The molecule has 0 bridgehead atoms. The SMILES string of the molecule is Cc1ccc(N2C(=O)NC(=O)/C(=C\c3ccc(OCc4ccc(F)cc4)c(Cl)c3)C2=O)cc1Cl. The molecule has 172 valence electrons. The molecule has 0 atom stereocenters. The van der Waals surface area contributed by atoms with Crippen LogP contribution in [0.15, 0.2) is 66.2 Å². The van der Waals surface area contributed by atoms with Gasteiger partial charge in [-0.1, -0.05) is 47.5 Å². The van der Waals surface area contributed by atoms with Crippen molar-refractivity contribution in [2.45, 2.75) is 13.5 Å². The molecule has 0 saturated carbocycles. The standard InChI is InChI=1S/C25H17Cl2FN2O4/c1-14-2-8-18(12-20(14)26)30-24(32)19(23(31)29-25(30)33)10-16-5-9-22(21(27)11-16)34-13-15-3-6-17(28)7-4-15/h2-12H,13H2,1H3,(H,29,31,33)/b19-10+. The second-order valence-electron chi connectivity index (χ2n) is 7.50. The van der Waals surface area contributed by atoms with Crippen molar-refractivity contribution in [2.75, 3.05) is 4.90 Å². The first-order valence-electron chi connectivity index (χ1n) is 10.1. The number of halogens is 3. The Morgan fingerprint density at radius 2 is 1.71 bits per heavy atom. The highest BCUT2D eigenvalue weighted by Gasteiger charge is 2.37. The first kappa shape index (κ1) is 23.5. The van der Waals surface area contributed by atoms with Crippen LogP contribution in [0.2, 0.25) is 10.0 Å². The molecule has 0 aliphatic carbocycles. The van der Waals surface area contributed by atoms with Crippen molar-refractivity contribution in [3.63, 3.8) is 0 Å². The van der Waals surface area contributed by atoms with Gasteiger partial charge in [0.05, 0.1) is 10.7 Å². The van der Waals surface area contributed by atoms with Gasteiger partial charge in [0.15, 0.2) is 0 Å². The van der Waals surface area contributed by atoms with E-state index in [0.717, 1.165) is 16.0 Å². The minimum absolute atomic E-state index is 0.178. The van der Waals surface area contributed by atoms with Gasteiger partial charge in [-0.15, -0.1) is 0 Å². The van der Waals surface area contributed by atoms with E-state index in [-0.39, 0.29) is 28.7 Å². The number of anilines is 1. The first-order valence-corrected chi connectivity index (χ1v) is 10.8. The van der Waals surface area contributed by atoms with Crippen molar-refractivity contribution in [3.8, 4) is 5.75 Å². The smallest absolute Gasteiger partial charge is 0.335 e. The number of carbonyl (C=O) groups excluding carboxylic acids is 3. The van der Waals surface area contributed by atoms with Crippen LogP contribution in [0, 0.1) is 12.7 Å². The summed E-state index contributed by atoms with van der Waals surface area (Å²) in [5, 5.41) is 2.79. The number of imide groups is 2. The van der Waals surface area contributed by atoms with Gasteiger partial charge in [-0.3, -0.25) is 14.9 Å². The van der Waals surface area contributed by atoms with E-state index in [0.29, 0.717) is 16.3 Å². The molecular weight excluding hydrogens is 482 g/mol. The van der Waals surface area contributed by atoms with E-state index in [9.17, 15) is 18.8 Å². The van der Waals surface area contributed by atoms with E-state index in [1.165, 1.54) is 30.3 Å². The molecule has 1 heterocycles. The van der Waals surface area contributed by atoms with Crippen molar-refractivity contribution in [1.82, 2.24) is 5.32 Å². The summed E-state index contributed by atoms with van der Waals surface area (Å²) in [5.41, 5.74) is 1.98. The largest absolute Gasteiger partial charge is 0.487 e. The van der Waals surface area contributed by atoms with Crippen molar-refractivity contribution in [3.05, 3.63) is 98.8 Å². The Kier molecular flexibility index (Phi) is 6.68. The maximum atomic E-state index is 13.0. The van der Waals surface area contributed by atoms with Crippen molar-refractivity contribution in [2.24, 2.45) is 0 Å². The number of aryl methyl sites for hydroxylation is 1. The van der Waals surface area contributed by atoms with Crippen LogP contribution in [0.4, 0.5) is 14.9 Å². The van der Waals surface area contributed by atoms with Crippen LogP contribution < -0.4 is 15.0 Å². The molecule has 9 heteroatoms. The quantitative estimate of drug-likeness (QED) is 0.362. The normalized spacial score (nSPS) is 15.0. The molecule has 1 fully saturated rings. The summed E-state index contributed by atoms with van der Waals surface area (Å²) in [4.78, 5) is 38.6. The number of amides is 4. The molecule has 1 N–H and O–H groups in total. The van der Waals surface area contributed by atoms with Gasteiger partial charge in [-0.05, 0) is 66.1 Å². The van der Waals surface area contributed by atoms with Gasteiger partial charge < -0.3 is 4.74 Å². The fourth-order valence-electron chi connectivity index (χ4n) is 3.25. The summed E-state index contributed by atoms with van der Waals surface area (Å²) in [6.45, 7) is 1.97. The van der Waals surface area contributed by atoms with E-state index in [4.69, 9.17) is 27.9 Å². The number of carbonyl (C=O) groups is 3. The number of nitrogens with one attached hydrogen (secondary N) is 1. The minimum atomic E-state index is -0.866. The highest BCUT2D eigenvalue weighted by Crippen LogP contribution is 2.29. The second-order valence-corrected chi connectivity index (χ2v) is 8.31. The molecule has 34 heavy (non-hydrogen) atoms. The molecule has 4 rings (SSSR count). The summed E-state index contributed by atoms with van der Waals surface area (Å²) in [6.07, 6.45) is 1.34. The second kappa shape index (κ2) is 9.67. The summed E-state index contributed by atoms with van der Waals surface area (Å²) >= 11 is 12.4. The van der Waals surface area contributed by atoms with Gasteiger partial charge >= 0.3 is 6.03 Å². The molecule has 0 aromatic heterocycles. The molecule has 0 unspecified atom stereocenters. The number of barbiturate groups is 1. The van der Waals surface area contributed by atoms with Crippen molar-refractivity contribution in [1.29, 1.82) is 0 Å². The maximum Gasteiger partial charge on any atom is 0.335 e. The average Bonchev–Trinajstić information content (AvgIpc) is 2.79. The summed E-state index contributed by atoms with van der Waals surface area (Å²) in [7, 11) is 0. The van der Waals surface area contributed by atoms with Crippen LogP contribution in [0.1, 0.15) is 16.7 Å². The van der Waals surface area contributed by atoms with E-state index in [2.05, 4.69) is 5.32 Å². The van der Waals surface area contributed by atoms with Crippen LogP contribution >= 0.6 is 23.2 Å². The molecule has 6 nitrogen and oxygen atoms in total. The molecule has 0 spiro atoms. The van der Waals surface area contributed by atoms with Crippen molar-refractivity contribution >= 4 is 52.8 Å². The van der Waals surface area contributed by atoms with Crippen molar-refractivity contribution < 1.29 is 23.5 Å². The predicted molar refractivity (Wildman–Crippen MR) is 127 cm³/mol. The Labute approximate surface area is 204 Å². The Morgan fingerprint density at radius 1 is 0.971 bits per heavy atom. The highest BCUT2D eigenvalue weighted by molar-refractivity contribution is 6.39. The lowest BCUT2D eigenvalue weighted by atomic mass is 10.1. The number of nitrogens with zero attached hydrogens (tertiary/aromatic N) is 1. The number of benzene rings is 3. The average molecular weight is 499 g/mol. The molecule has 0 radical (unpaired) electrons. The third-order valence-corrected chi connectivity index (χ3v) is 5.79. The number of rotatable bonds is 5. The van der Waals surface area contributed by atoms with Gasteiger partial charge in [0.25, 0.3) is 11.8 Å². The Hall–Kier alpha value is -3.68. The molecule has 3 aromatic carbocycles. The van der Waals surface area contributed by atoms with Gasteiger partial charge in [-0.25, -0.2) is 14.1 Å². The summed E-state index contributed by atoms with van der Waals surface area (Å²) in [6, 6.07) is 14.4. The van der Waals surface area contributed by atoms with E-state index >= 15 is 0 Å². The number of hydrogen-bond donors (Lipinski definition) is 1. The van der Waals surface area contributed by atoms with Crippen LogP contribution in [0.3, 0.4) is 0 Å². The van der Waals surface area contributed by atoms with E-state index < -0.39 is 17.8 Å². The molecule has 1 aliphatic heterocycles. The van der Waals surface area contributed by atoms with Gasteiger partial charge in [0.1, 0.15) is 23.7 Å². The third kappa shape index (κ3) is 4.95. The Balaban J connectivity index is 1.56. The predicted octanol–water partition coefficient (Wildman–Crippen LogP) is 5.69. The molecular formula is C25H17Cl2FN2O4. The zero-order chi connectivity index (χ0) is 24.4. The topological polar surface area (TPSA) is 75.7 Å². The molecule has 3 aromatic rings. The molecule has 1 aliphatic rings. The van der Waals surface area contributed by atoms with Gasteiger partial charge in [-0.2, -0.15) is 0 Å². The Bertz CT molecular complexity index is 1340. The highest BCUT2D eigenvalue weighted by atomic mass is 35.5. The minimum Gasteiger partial charge on any atom is -0.487 e. The van der Waals surface area contributed by atoms with E-state index in [1.54, 1.807) is 43.3 Å². The maximum absolute atomic E-state index is 13.0. The van der Waals surface area contributed by atoms with Crippen LogP contribution in [-0.2, 0) is 16.2 Å². The van der Waals surface area contributed by atoms with Gasteiger partial charge in [0, 0.05) is 5.02 Å².